The summed E-state index contributed by atoms with van der Waals surface area (Å²) >= 11 is 0. The highest BCUT2D eigenvalue weighted by atomic mass is 32.2. The molecule has 19 heavy (non-hydrogen) atoms. The molecular weight excluding hydrogens is 262 g/mol. The molecule has 2 aromatic rings. The molecule has 0 atom stereocenters. The highest BCUT2D eigenvalue weighted by Crippen LogP contribution is 2.18. The van der Waals surface area contributed by atoms with Crippen molar-refractivity contribution >= 4 is 15.9 Å². The number of sulfone groups is 1. The SMILES string of the molecule is COc1ccc(S(=O)(=O)/C=C/c2ccncc2)cc1. The lowest BCUT2D eigenvalue weighted by atomic mass is 10.3. The van der Waals surface area contributed by atoms with Gasteiger partial charge < -0.3 is 4.74 Å². The predicted molar refractivity (Wildman–Crippen MR) is 73.5 cm³/mol. The molecule has 0 spiro atoms. The van der Waals surface area contributed by atoms with Gasteiger partial charge in [-0.25, -0.2) is 8.42 Å². The molecule has 1 heterocycles. The van der Waals surface area contributed by atoms with Gasteiger partial charge in [0, 0.05) is 17.8 Å². The van der Waals surface area contributed by atoms with Gasteiger partial charge in [-0.15, -0.1) is 0 Å². The minimum absolute atomic E-state index is 0.235. The molecular formula is C14H13NO3S. The highest BCUT2D eigenvalue weighted by molar-refractivity contribution is 7.94. The van der Waals surface area contributed by atoms with E-state index in [1.165, 1.54) is 24.7 Å². The first-order valence-electron chi connectivity index (χ1n) is 5.59. The summed E-state index contributed by atoms with van der Waals surface area (Å²) in [6, 6.07) is 9.75. The van der Waals surface area contributed by atoms with Crippen molar-refractivity contribution in [3.63, 3.8) is 0 Å². The summed E-state index contributed by atoms with van der Waals surface area (Å²) in [5.74, 6) is 0.622. The minimum atomic E-state index is -3.44. The lowest BCUT2D eigenvalue weighted by Crippen LogP contribution is -1.96. The van der Waals surface area contributed by atoms with Gasteiger partial charge in [0.25, 0.3) is 0 Å². The average Bonchev–Trinajstić information content (AvgIpc) is 2.46. The molecule has 0 aliphatic carbocycles. The van der Waals surface area contributed by atoms with Crippen molar-refractivity contribution in [3.8, 4) is 5.75 Å². The van der Waals surface area contributed by atoms with E-state index in [4.69, 9.17) is 4.74 Å². The second kappa shape index (κ2) is 5.67. The van der Waals surface area contributed by atoms with Crippen LogP contribution in [-0.2, 0) is 9.84 Å². The van der Waals surface area contributed by atoms with Crippen LogP contribution in [-0.4, -0.2) is 20.5 Å². The van der Waals surface area contributed by atoms with E-state index in [1.807, 2.05) is 0 Å². The Kier molecular flexibility index (Phi) is 3.97. The van der Waals surface area contributed by atoms with Crippen LogP contribution in [0.1, 0.15) is 5.56 Å². The Hall–Kier alpha value is -2.14. The van der Waals surface area contributed by atoms with Gasteiger partial charge in [0.2, 0.25) is 0 Å². The van der Waals surface area contributed by atoms with Gasteiger partial charge in [0.1, 0.15) is 5.75 Å². The largest absolute Gasteiger partial charge is 0.497 e. The molecule has 1 aromatic heterocycles. The standard InChI is InChI=1S/C14H13NO3S/c1-18-13-2-4-14(5-3-13)19(16,17)11-8-12-6-9-15-10-7-12/h2-11H,1H3/b11-8+. The minimum Gasteiger partial charge on any atom is -0.497 e. The number of rotatable bonds is 4. The molecule has 0 saturated heterocycles. The lowest BCUT2D eigenvalue weighted by Gasteiger charge is -2.01. The number of hydrogen-bond acceptors (Lipinski definition) is 4. The third kappa shape index (κ3) is 3.42. The molecule has 98 valence electrons. The van der Waals surface area contributed by atoms with E-state index >= 15 is 0 Å². The van der Waals surface area contributed by atoms with Crippen LogP contribution in [0.4, 0.5) is 0 Å². The summed E-state index contributed by atoms with van der Waals surface area (Å²) in [4.78, 5) is 4.10. The zero-order valence-corrected chi connectivity index (χ0v) is 11.2. The molecule has 0 fully saturated rings. The van der Waals surface area contributed by atoms with Crippen molar-refractivity contribution in [2.45, 2.75) is 4.90 Å². The van der Waals surface area contributed by atoms with E-state index in [0.29, 0.717) is 5.75 Å². The van der Waals surface area contributed by atoms with E-state index in [9.17, 15) is 8.42 Å². The van der Waals surface area contributed by atoms with Gasteiger partial charge >= 0.3 is 0 Å². The van der Waals surface area contributed by atoms with Crippen LogP contribution in [0.5, 0.6) is 5.75 Å². The number of benzene rings is 1. The molecule has 0 aliphatic rings. The summed E-state index contributed by atoms with van der Waals surface area (Å²) in [6.07, 6.45) is 4.76. The summed E-state index contributed by atoms with van der Waals surface area (Å²) < 4.78 is 29.1. The molecule has 0 bridgehead atoms. The van der Waals surface area contributed by atoms with Gasteiger partial charge in [-0.05, 0) is 48.0 Å². The molecule has 4 nitrogen and oxygen atoms in total. The number of methoxy groups -OCH3 is 1. The van der Waals surface area contributed by atoms with Crippen LogP contribution < -0.4 is 4.74 Å². The molecule has 1 aromatic carbocycles. The molecule has 0 N–H and O–H groups in total. The van der Waals surface area contributed by atoms with Crippen LogP contribution in [0.25, 0.3) is 6.08 Å². The third-order valence-electron chi connectivity index (χ3n) is 2.53. The molecule has 0 amide bonds. The zero-order valence-electron chi connectivity index (χ0n) is 10.4. The number of ether oxygens (including phenoxy) is 1. The smallest absolute Gasteiger partial charge is 0.199 e. The van der Waals surface area contributed by atoms with Crippen molar-refractivity contribution in [1.29, 1.82) is 0 Å². The van der Waals surface area contributed by atoms with Gasteiger partial charge in [-0.3, -0.25) is 4.98 Å². The van der Waals surface area contributed by atoms with Gasteiger partial charge in [0.15, 0.2) is 9.84 Å². The Morgan fingerprint density at radius 1 is 1.05 bits per heavy atom. The van der Waals surface area contributed by atoms with Crippen molar-refractivity contribution in [2.24, 2.45) is 0 Å². The summed E-state index contributed by atoms with van der Waals surface area (Å²) in [7, 11) is -1.91. The molecule has 0 saturated carbocycles. The Morgan fingerprint density at radius 3 is 2.26 bits per heavy atom. The fraction of sp³-hybridized carbons (Fsp3) is 0.0714. The first kappa shape index (κ1) is 13.3. The van der Waals surface area contributed by atoms with Gasteiger partial charge in [-0.1, -0.05) is 0 Å². The zero-order chi connectivity index (χ0) is 13.7. The quantitative estimate of drug-likeness (QED) is 0.860. The van der Waals surface area contributed by atoms with Crippen LogP contribution in [0.3, 0.4) is 0 Å². The number of nitrogens with zero attached hydrogens (tertiary/aromatic N) is 1. The van der Waals surface area contributed by atoms with E-state index < -0.39 is 9.84 Å². The van der Waals surface area contributed by atoms with Crippen molar-refractivity contribution in [3.05, 3.63) is 59.8 Å². The fourth-order valence-electron chi connectivity index (χ4n) is 1.49. The number of pyridine rings is 1. The molecule has 5 heteroatoms. The molecule has 0 radical (unpaired) electrons. The summed E-state index contributed by atoms with van der Waals surface area (Å²) in [5, 5.41) is 1.18. The molecule has 0 aliphatic heterocycles. The average molecular weight is 275 g/mol. The predicted octanol–water partition coefficient (Wildman–Crippen LogP) is 2.53. The molecule has 2 rings (SSSR count). The van der Waals surface area contributed by atoms with Crippen molar-refractivity contribution in [1.82, 2.24) is 4.98 Å². The Balaban J connectivity index is 2.25. The fourth-order valence-corrected chi connectivity index (χ4v) is 2.50. The van der Waals surface area contributed by atoms with Gasteiger partial charge in [0.05, 0.1) is 12.0 Å². The van der Waals surface area contributed by atoms with Crippen LogP contribution in [0, 0.1) is 0 Å². The molecule has 0 unspecified atom stereocenters. The first-order chi connectivity index (χ1) is 9.12. The topological polar surface area (TPSA) is 56.3 Å². The second-order valence-electron chi connectivity index (χ2n) is 3.80. The maximum Gasteiger partial charge on any atom is 0.199 e. The monoisotopic (exact) mass is 275 g/mol. The van der Waals surface area contributed by atoms with Crippen LogP contribution in [0.15, 0.2) is 59.1 Å². The Labute approximate surface area is 112 Å². The van der Waals surface area contributed by atoms with Crippen molar-refractivity contribution in [2.75, 3.05) is 7.11 Å². The Bertz CT molecular complexity index is 662. The maximum absolute atomic E-state index is 12.1. The van der Waals surface area contributed by atoms with Crippen LogP contribution in [0.2, 0.25) is 0 Å². The normalized spacial score (nSPS) is 11.6. The van der Waals surface area contributed by atoms with Crippen molar-refractivity contribution < 1.29 is 13.2 Å². The number of hydrogen-bond donors (Lipinski definition) is 0. The van der Waals surface area contributed by atoms with Crippen LogP contribution >= 0.6 is 0 Å². The highest BCUT2D eigenvalue weighted by Gasteiger charge is 2.09. The van der Waals surface area contributed by atoms with E-state index in [1.54, 1.807) is 42.7 Å². The van der Waals surface area contributed by atoms with E-state index in [0.717, 1.165) is 5.56 Å². The third-order valence-corrected chi connectivity index (χ3v) is 3.96. The lowest BCUT2D eigenvalue weighted by molar-refractivity contribution is 0.414. The maximum atomic E-state index is 12.1. The Morgan fingerprint density at radius 2 is 1.68 bits per heavy atom. The first-order valence-corrected chi connectivity index (χ1v) is 7.14. The van der Waals surface area contributed by atoms with E-state index in [-0.39, 0.29) is 4.90 Å². The second-order valence-corrected chi connectivity index (χ2v) is 5.64. The van der Waals surface area contributed by atoms with E-state index in [2.05, 4.69) is 4.98 Å². The summed E-state index contributed by atoms with van der Waals surface area (Å²) in [6.45, 7) is 0. The van der Waals surface area contributed by atoms with Gasteiger partial charge in [-0.2, -0.15) is 0 Å². The number of aromatic nitrogens is 1. The summed E-state index contributed by atoms with van der Waals surface area (Å²) in [5.41, 5.74) is 0.784.